The number of carbonyl (C=O) groups excluding carboxylic acids is 2. The van der Waals surface area contributed by atoms with E-state index in [9.17, 15) is 9.59 Å². The number of halogens is 1. The van der Waals surface area contributed by atoms with Crippen LogP contribution in [0.25, 0.3) is 0 Å². The minimum Gasteiger partial charge on any atom is -0.322 e. The van der Waals surface area contributed by atoms with Gasteiger partial charge in [0.2, 0.25) is 5.91 Å². The smallest absolute Gasteiger partial charge is 0.259 e. The summed E-state index contributed by atoms with van der Waals surface area (Å²) in [5.74, 6) is -0.419. The van der Waals surface area contributed by atoms with E-state index in [0.29, 0.717) is 22.0 Å². The highest BCUT2D eigenvalue weighted by Gasteiger charge is 2.33. The van der Waals surface area contributed by atoms with Gasteiger partial charge in [0.05, 0.1) is 11.4 Å². The van der Waals surface area contributed by atoms with Crippen molar-refractivity contribution in [2.75, 3.05) is 10.2 Å². The first-order valence-corrected chi connectivity index (χ1v) is 6.95. The Labute approximate surface area is 127 Å². The molecular formula is C16H13ClN2O2. The Morgan fingerprint density at radius 3 is 2.52 bits per heavy atom. The molecule has 1 aliphatic heterocycles. The maximum atomic E-state index is 12.7. The lowest BCUT2D eigenvalue weighted by atomic mass is 10.1. The number of para-hydroxylation sites is 2. The molecule has 0 bridgehead atoms. The summed E-state index contributed by atoms with van der Waals surface area (Å²) in [6.07, 6.45) is 0. The Hall–Kier alpha value is -2.33. The highest BCUT2D eigenvalue weighted by atomic mass is 35.5. The van der Waals surface area contributed by atoms with Crippen LogP contribution in [0, 0.1) is 0 Å². The zero-order valence-corrected chi connectivity index (χ0v) is 12.1. The first kappa shape index (κ1) is 13.6. The highest BCUT2D eigenvalue weighted by molar-refractivity contribution is 6.30. The van der Waals surface area contributed by atoms with E-state index in [1.807, 2.05) is 18.2 Å². The maximum absolute atomic E-state index is 12.7. The molecule has 1 atom stereocenters. The molecule has 1 aliphatic rings. The number of hydrogen-bond acceptors (Lipinski definition) is 2. The van der Waals surface area contributed by atoms with Crippen molar-refractivity contribution in [2.24, 2.45) is 0 Å². The van der Waals surface area contributed by atoms with Crippen LogP contribution < -0.4 is 10.2 Å². The van der Waals surface area contributed by atoms with E-state index in [-0.39, 0.29) is 11.8 Å². The summed E-state index contributed by atoms with van der Waals surface area (Å²) >= 11 is 5.85. The molecule has 0 spiro atoms. The van der Waals surface area contributed by atoms with Crippen LogP contribution in [0.3, 0.4) is 0 Å². The van der Waals surface area contributed by atoms with Crippen LogP contribution in [0.15, 0.2) is 48.5 Å². The van der Waals surface area contributed by atoms with Crippen LogP contribution in [-0.2, 0) is 4.79 Å². The van der Waals surface area contributed by atoms with Crippen LogP contribution in [0.4, 0.5) is 11.4 Å². The molecule has 0 aliphatic carbocycles. The van der Waals surface area contributed by atoms with Crippen molar-refractivity contribution >= 4 is 34.8 Å². The number of nitrogens with one attached hydrogen (secondary N) is 1. The Morgan fingerprint density at radius 1 is 1.14 bits per heavy atom. The van der Waals surface area contributed by atoms with E-state index in [1.54, 1.807) is 37.3 Å². The molecule has 5 heteroatoms. The van der Waals surface area contributed by atoms with Crippen molar-refractivity contribution in [1.82, 2.24) is 0 Å². The molecule has 0 radical (unpaired) electrons. The fourth-order valence-corrected chi connectivity index (χ4v) is 2.50. The van der Waals surface area contributed by atoms with Gasteiger partial charge in [0.15, 0.2) is 0 Å². The number of hydrogen-bond donors (Lipinski definition) is 1. The minimum atomic E-state index is -0.567. The van der Waals surface area contributed by atoms with E-state index in [2.05, 4.69) is 5.32 Å². The lowest BCUT2D eigenvalue weighted by Crippen LogP contribution is -2.49. The van der Waals surface area contributed by atoms with Gasteiger partial charge in [-0.2, -0.15) is 0 Å². The van der Waals surface area contributed by atoms with Crippen LogP contribution in [-0.4, -0.2) is 17.9 Å². The van der Waals surface area contributed by atoms with Gasteiger partial charge in [-0.15, -0.1) is 0 Å². The summed E-state index contributed by atoms with van der Waals surface area (Å²) in [6.45, 7) is 1.71. The molecule has 1 N–H and O–H groups in total. The van der Waals surface area contributed by atoms with Gasteiger partial charge in [-0.3, -0.25) is 14.5 Å². The molecule has 0 saturated heterocycles. The lowest BCUT2D eigenvalue weighted by Gasteiger charge is -2.34. The van der Waals surface area contributed by atoms with Crippen molar-refractivity contribution in [2.45, 2.75) is 13.0 Å². The number of amides is 2. The van der Waals surface area contributed by atoms with Gasteiger partial charge >= 0.3 is 0 Å². The molecule has 1 heterocycles. The Morgan fingerprint density at radius 2 is 1.81 bits per heavy atom. The molecule has 0 saturated carbocycles. The number of nitrogens with zero attached hydrogens (tertiary/aromatic N) is 1. The summed E-state index contributed by atoms with van der Waals surface area (Å²) < 4.78 is 0. The summed E-state index contributed by atoms with van der Waals surface area (Å²) in [4.78, 5) is 26.3. The topological polar surface area (TPSA) is 49.4 Å². The van der Waals surface area contributed by atoms with Crippen LogP contribution in [0.5, 0.6) is 0 Å². The standard InChI is InChI=1S/C16H13ClN2O2/c1-10-15(20)18-13-4-2-3-5-14(13)19(10)16(21)11-6-8-12(17)9-7-11/h2-10H,1H3,(H,18,20)/t10-/m1/s1. The van der Waals surface area contributed by atoms with Gasteiger partial charge in [0.1, 0.15) is 6.04 Å². The number of benzene rings is 2. The molecular weight excluding hydrogens is 288 g/mol. The molecule has 106 valence electrons. The Balaban J connectivity index is 2.05. The minimum absolute atomic E-state index is 0.198. The third-order valence-electron chi connectivity index (χ3n) is 3.50. The van der Waals surface area contributed by atoms with E-state index in [1.165, 1.54) is 4.90 Å². The van der Waals surface area contributed by atoms with E-state index >= 15 is 0 Å². The second kappa shape index (κ2) is 5.22. The summed E-state index contributed by atoms with van der Waals surface area (Å²) in [6, 6.07) is 13.3. The number of carbonyl (C=O) groups is 2. The molecule has 0 fully saturated rings. The van der Waals surface area contributed by atoms with Gasteiger partial charge in [-0.25, -0.2) is 0 Å². The van der Waals surface area contributed by atoms with Crippen molar-refractivity contribution in [3.05, 3.63) is 59.1 Å². The van der Waals surface area contributed by atoms with E-state index in [4.69, 9.17) is 11.6 Å². The Kier molecular flexibility index (Phi) is 3.39. The van der Waals surface area contributed by atoms with Gasteiger partial charge in [0, 0.05) is 10.6 Å². The van der Waals surface area contributed by atoms with Crippen molar-refractivity contribution < 1.29 is 9.59 Å². The summed E-state index contributed by atoms with van der Waals surface area (Å²) in [7, 11) is 0. The van der Waals surface area contributed by atoms with Gasteiger partial charge < -0.3 is 5.32 Å². The molecule has 0 aromatic heterocycles. The zero-order valence-electron chi connectivity index (χ0n) is 11.3. The monoisotopic (exact) mass is 300 g/mol. The first-order chi connectivity index (χ1) is 10.1. The van der Waals surface area contributed by atoms with Crippen molar-refractivity contribution in [3.8, 4) is 0 Å². The summed E-state index contributed by atoms with van der Waals surface area (Å²) in [5, 5.41) is 3.37. The average Bonchev–Trinajstić information content (AvgIpc) is 2.49. The molecule has 21 heavy (non-hydrogen) atoms. The molecule has 2 aromatic rings. The lowest BCUT2D eigenvalue weighted by molar-refractivity contribution is -0.117. The number of fused-ring (bicyclic) bond motifs is 1. The van der Waals surface area contributed by atoms with Gasteiger partial charge in [-0.05, 0) is 43.3 Å². The fourth-order valence-electron chi connectivity index (χ4n) is 2.37. The van der Waals surface area contributed by atoms with E-state index in [0.717, 1.165) is 0 Å². The largest absolute Gasteiger partial charge is 0.322 e. The van der Waals surface area contributed by atoms with Crippen molar-refractivity contribution in [1.29, 1.82) is 0 Å². The quantitative estimate of drug-likeness (QED) is 0.878. The normalized spacial score (nSPS) is 17.1. The SMILES string of the molecule is C[C@@H]1C(=O)Nc2ccccc2N1C(=O)c1ccc(Cl)cc1. The molecule has 0 unspecified atom stereocenters. The molecule has 4 nitrogen and oxygen atoms in total. The van der Waals surface area contributed by atoms with Crippen molar-refractivity contribution in [3.63, 3.8) is 0 Å². The molecule has 3 rings (SSSR count). The predicted molar refractivity (Wildman–Crippen MR) is 82.8 cm³/mol. The second-order valence-electron chi connectivity index (χ2n) is 4.86. The maximum Gasteiger partial charge on any atom is 0.259 e. The average molecular weight is 301 g/mol. The molecule has 2 aromatic carbocycles. The number of anilines is 2. The molecule has 2 amide bonds. The van der Waals surface area contributed by atoms with E-state index < -0.39 is 6.04 Å². The fraction of sp³-hybridized carbons (Fsp3) is 0.125. The Bertz CT molecular complexity index is 712. The first-order valence-electron chi connectivity index (χ1n) is 6.57. The van der Waals surface area contributed by atoms with Crippen LogP contribution in [0.2, 0.25) is 5.02 Å². The third kappa shape index (κ3) is 2.38. The summed E-state index contributed by atoms with van der Waals surface area (Å²) in [5.41, 5.74) is 1.84. The highest BCUT2D eigenvalue weighted by Crippen LogP contribution is 2.32. The van der Waals surface area contributed by atoms with Crippen LogP contribution >= 0.6 is 11.6 Å². The van der Waals surface area contributed by atoms with Gasteiger partial charge in [-0.1, -0.05) is 23.7 Å². The zero-order chi connectivity index (χ0) is 15.0. The second-order valence-corrected chi connectivity index (χ2v) is 5.30. The number of rotatable bonds is 1. The predicted octanol–water partition coefficient (Wildman–Crippen LogP) is 3.33. The van der Waals surface area contributed by atoms with Gasteiger partial charge in [0.25, 0.3) is 5.91 Å². The third-order valence-corrected chi connectivity index (χ3v) is 3.75. The van der Waals surface area contributed by atoms with Crippen LogP contribution in [0.1, 0.15) is 17.3 Å².